The van der Waals surface area contributed by atoms with Gasteiger partial charge in [0.1, 0.15) is 0 Å². The number of rotatable bonds is 7. The molecule has 0 bridgehead atoms. The maximum Gasteiger partial charge on any atom is 0.305 e. The molecular formula is C22H20N4O3S2. The monoisotopic (exact) mass is 452 g/mol. The van der Waals surface area contributed by atoms with Crippen molar-refractivity contribution < 1.29 is 14.0 Å². The van der Waals surface area contributed by atoms with E-state index in [-0.39, 0.29) is 17.4 Å². The summed E-state index contributed by atoms with van der Waals surface area (Å²) < 4.78 is 4.98. The number of imidazole rings is 1. The molecule has 3 N–H and O–H groups in total. The summed E-state index contributed by atoms with van der Waals surface area (Å²) >= 11 is 3.07. The molecule has 0 unspecified atom stereocenters. The van der Waals surface area contributed by atoms with Gasteiger partial charge in [-0.2, -0.15) is 0 Å². The summed E-state index contributed by atoms with van der Waals surface area (Å²) in [6.45, 7) is 2.05. The summed E-state index contributed by atoms with van der Waals surface area (Å²) in [6.07, 6.45) is 1.40. The second-order valence-electron chi connectivity index (χ2n) is 6.66. The van der Waals surface area contributed by atoms with E-state index in [9.17, 15) is 9.59 Å². The maximum atomic E-state index is 12.1. The van der Waals surface area contributed by atoms with Crippen molar-refractivity contribution in [2.45, 2.75) is 22.7 Å². The van der Waals surface area contributed by atoms with Gasteiger partial charge in [0, 0.05) is 10.6 Å². The number of hydrogen-bond acceptors (Lipinski definition) is 6. The number of carbonyl (C=O) groups excluding carboxylic acids is 2. The summed E-state index contributed by atoms with van der Waals surface area (Å²) in [7, 11) is 0. The average molecular weight is 453 g/mol. The largest absolute Gasteiger partial charge is 0.459 e. The lowest BCUT2D eigenvalue weighted by Crippen LogP contribution is -2.42. The fourth-order valence-corrected chi connectivity index (χ4v) is 4.72. The predicted molar refractivity (Wildman–Crippen MR) is 122 cm³/mol. The molecule has 0 radical (unpaired) electrons. The molecule has 0 aliphatic rings. The van der Waals surface area contributed by atoms with Gasteiger partial charge in [0.25, 0.3) is 0 Å². The Labute approximate surface area is 187 Å². The molecule has 7 nitrogen and oxygen atoms in total. The molecule has 158 valence electrons. The molecule has 2 aromatic heterocycles. The highest BCUT2D eigenvalue weighted by molar-refractivity contribution is 8.00. The van der Waals surface area contributed by atoms with Crippen LogP contribution in [-0.2, 0) is 10.5 Å². The predicted octanol–water partition coefficient (Wildman–Crippen LogP) is 4.31. The normalized spacial score (nSPS) is 10.9. The minimum absolute atomic E-state index is 0.137. The quantitative estimate of drug-likeness (QED) is 0.285. The minimum Gasteiger partial charge on any atom is -0.459 e. The van der Waals surface area contributed by atoms with Gasteiger partial charge in [-0.3, -0.25) is 20.4 Å². The number of aromatic nitrogens is 2. The Bertz CT molecular complexity index is 1170. The molecule has 0 fully saturated rings. The second kappa shape index (κ2) is 9.76. The van der Waals surface area contributed by atoms with Gasteiger partial charge in [0.15, 0.2) is 10.9 Å². The first kappa shape index (κ1) is 21.1. The summed E-state index contributed by atoms with van der Waals surface area (Å²) in [6, 6.07) is 17.1. The van der Waals surface area contributed by atoms with Crippen LogP contribution in [0.4, 0.5) is 0 Å². The standard InChI is InChI=1S/C22H20N4O3S2/c1-14-15(12-31-22-23-16-7-2-3-8-17(16)24-22)6-4-10-19(14)30-13-20(27)25-26-21(28)18-9-5-11-29-18/h2-11H,12-13H2,1H3,(H,23,24)(H,25,27)(H,26,28). The van der Waals surface area contributed by atoms with Gasteiger partial charge in [-0.15, -0.1) is 11.8 Å². The van der Waals surface area contributed by atoms with E-state index in [1.807, 2.05) is 43.3 Å². The Balaban J connectivity index is 1.30. The van der Waals surface area contributed by atoms with Crippen molar-refractivity contribution in [1.29, 1.82) is 0 Å². The first-order valence-corrected chi connectivity index (χ1v) is 11.5. The number of hydrogen-bond donors (Lipinski definition) is 3. The number of nitrogens with zero attached hydrogens (tertiary/aromatic N) is 1. The first-order chi connectivity index (χ1) is 15.1. The molecule has 2 heterocycles. The molecule has 0 saturated heterocycles. The Morgan fingerprint density at radius 1 is 1.03 bits per heavy atom. The molecule has 0 saturated carbocycles. The minimum atomic E-state index is -0.496. The van der Waals surface area contributed by atoms with Crippen molar-refractivity contribution in [3.05, 3.63) is 77.7 Å². The van der Waals surface area contributed by atoms with E-state index >= 15 is 0 Å². The fourth-order valence-electron chi connectivity index (χ4n) is 2.89. The van der Waals surface area contributed by atoms with Crippen LogP contribution in [-0.4, -0.2) is 27.5 Å². The highest BCUT2D eigenvalue weighted by Gasteiger charge is 2.12. The number of benzene rings is 2. The number of para-hydroxylation sites is 2. The van der Waals surface area contributed by atoms with E-state index in [2.05, 4.69) is 26.9 Å². The van der Waals surface area contributed by atoms with Crippen LogP contribution in [0.15, 0.2) is 75.3 Å². The van der Waals surface area contributed by atoms with Gasteiger partial charge < -0.3 is 9.40 Å². The van der Waals surface area contributed by atoms with Crippen molar-refractivity contribution in [3.8, 4) is 0 Å². The van der Waals surface area contributed by atoms with Crippen LogP contribution >= 0.6 is 23.5 Å². The van der Waals surface area contributed by atoms with E-state index in [4.69, 9.17) is 4.42 Å². The molecule has 31 heavy (non-hydrogen) atoms. The zero-order valence-corrected chi connectivity index (χ0v) is 18.3. The summed E-state index contributed by atoms with van der Waals surface area (Å²) in [5, 5.41) is 0.880. The van der Waals surface area contributed by atoms with Gasteiger partial charge in [-0.05, 0) is 48.4 Å². The molecule has 0 aliphatic carbocycles. The number of amides is 2. The zero-order chi connectivity index (χ0) is 21.6. The zero-order valence-electron chi connectivity index (χ0n) is 16.7. The lowest BCUT2D eigenvalue weighted by molar-refractivity contribution is -0.119. The average Bonchev–Trinajstić information content (AvgIpc) is 3.45. The van der Waals surface area contributed by atoms with Crippen molar-refractivity contribution >= 4 is 46.4 Å². The van der Waals surface area contributed by atoms with Crippen LogP contribution in [0.1, 0.15) is 21.7 Å². The second-order valence-corrected chi connectivity index (χ2v) is 8.64. The number of furan rings is 1. The highest BCUT2D eigenvalue weighted by Crippen LogP contribution is 2.29. The molecule has 2 amide bonds. The van der Waals surface area contributed by atoms with Gasteiger partial charge in [-0.25, -0.2) is 4.98 Å². The number of aromatic amines is 1. The third-order valence-corrected chi connectivity index (χ3v) is 6.63. The number of nitrogens with one attached hydrogen (secondary N) is 3. The maximum absolute atomic E-state index is 12.1. The topological polar surface area (TPSA) is 100 Å². The number of H-pyrrole nitrogens is 1. The van der Waals surface area contributed by atoms with Crippen LogP contribution < -0.4 is 10.9 Å². The van der Waals surface area contributed by atoms with Gasteiger partial charge in [-0.1, -0.05) is 36.0 Å². The van der Waals surface area contributed by atoms with Crippen LogP contribution in [0.2, 0.25) is 0 Å². The molecule has 0 atom stereocenters. The fraction of sp³-hybridized carbons (Fsp3) is 0.136. The van der Waals surface area contributed by atoms with Crippen molar-refractivity contribution in [2.75, 3.05) is 5.75 Å². The van der Waals surface area contributed by atoms with Gasteiger partial charge >= 0.3 is 5.91 Å². The third kappa shape index (κ3) is 5.31. The number of carbonyl (C=O) groups is 2. The summed E-state index contributed by atoms with van der Waals surface area (Å²) in [4.78, 5) is 32.8. The van der Waals surface area contributed by atoms with Crippen molar-refractivity contribution in [1.82, 2.24) is 20.8 Å². The SMILES string of the molecule is Cc1c(CSc2nc3ccccc3[nH]2)cccc1SCC(=O)NNC(=O)c1ccco1. The lowest BCUT2D eigenvalue weighted by Gasteiger charge is -2.11. The summed E-state index contributed by atoms with van der Waals surface area (Å²) in [5.41, 5.74) is 9.03. The third-order valence-electron chi connectivity index (χ3n) is 4.55. The summed E-state index contributed by atoms with van der Waals surface area (Å²) in [5.74, 6) is 0.291. The van der Waals surface area contributed by atoms with E-state index in [0.717, 1.165) is 32.4 Å². The number of hydrazine groups is 1. The van der Waals surface area contributed by atoms with E-state index in [1.165, 1.54) is 29.7 Å². The van der Waals surface area contributed by atoms with Gasteiger partial charge in [0.2, 0.25) is 5.91 Å². The van der Waals surface area contributed by atoms with Crippen LogP contribution in [0.5, 0.6) is 0 Å². The highest BCUT2D eigenvalue weighted by atomic mass is 32.2. The van der Waals surface area contributed by atoms with E-state index in [0.29, 0.717) is 0 Å². The molecule has 0 aliphatic heterocycles. The lowest BCUT2D eigenvalue weighted by atomic mass is 10.1. The molecule has 4 rings (SSSR count). The van der Waals surface area contributed by atoms with Crippen molar-refractivity contribution in [3.63, 3.8) is 0 Å². The number of thioether (sulfide) groups is 2. The van der Waals surface area contributed by atoms with Crippen LogP contribution in [0, 0.1) is 6.92 Å². The molecular weight excluding hydrogens is 432 g/mol. The molecule has 4 aromatic rings. The molecule has 2 aromatic carbocycles. The Morgan fingerprint density at radius 2 is 1.90 bits per heavy atom. The molecule has 0 spiro atoms. The van der Waals surface area contributed by atoms with E-state index < -0.39 is 5.91 Å². The van der Waals surface area contributed by atoms with Crippen LogP contribution in [0.3, 0.4) is 0 Å². The Hall–Kier alpha value is -3.17. The molecule has 9 heteroatoms. The number of fused-ring (bicyclic) bond motifs is 1. The van der Waals surface area contributed by atoms with E-state index in [1.54, 1.807) is 17.8 Å². The van der Waals surface area contributed by atoms with Crippen molar-refractivity contribution in [2.24, 2.45) is 0 Å². The van der Waals surface area contributed by atoms with Crippen LogP contribution in [0.25, 0.3) is 11.0 Å². The first-order valence-electron chi connectivity index (χ1n) is 9.51. The van der Waals surface area contributed by atoms with Gasteiger partial charge in [0.05, 0.1) is 23.0 Å². The Kier molecular flexibility index (Phi) is 6.63. The Morgan fingerprint density at radius 3 is 2.71 bits per heavy atom. The smallest absolute Gasteiger partial charge is 0.305 e.